The third kappa shape index (κ3) is 4.79. The van der Waals surface area contributed by atoms with E-state index in [1.165, 1.54) is 22.3 Å². The number of carboxylic acids is 1. The Bertz CT molecular complexity index is 1050. The van der Waals surface area contributed by atoms with E-state index < -0.39 is 12.1 Å². The van der Waals surface area contributed by atoms with E-state index in [-0.39, 0.29) is 48.8 Å². The van der Waals surface area contributed by atoms with E-state index in [1.54, 1.807) is 0 Å². The number of nitrogens with one attached hydrogen (secondary N) is 2. The Morgan fingerprint density at radius 1 is 0.941 bits per heavy atom. The van der Waals surface area contributed by atoms with Crippen molar-refractivity contribution in [2.45, 2.75) is 56.5 Å². The number of ether oxygens (including phenoxy) is 1. The number of hydrogen-bond donors (Lipinski definition) is 3. The van der Waals surface area contributed by atoms with Crippen molar-refractivity contribution in [1.82, 2.24) is 10.6 Å². The van der Waals surface area contributed by atoms with Gasteiger partial charge >= 0.3 is 12.1 Å². The number of benzene rings is 2. The van der Waals surface area contributed by atoms with Crippen LogP contribution in [0.5, 0.6) is 0 Å². The number of carbonyl (C=O) groups excluding carboxylic acids is 2. The average molecular weight is 463 g/mol. The van der Waals surface area contributed by atoms with Gasteiger partial charge in [0.25, 0.3) is 0 Å². The maximum absolute atomic E-state index is 12.7. The second-order valence-corrected chi connectivity index (χ2v) is 9.73. The van der Waals surface area contributed by atoms with Crippen molar-refractivity contribution in [3.05, 3.63) is 59.7 Å². The Balaban J connectivity index is 1.12. The number of alkyl carbamates (subject to hydrolysis) is 1. The molecule has 2 fully saturated rings. The van der Waals surface area contributed by atoms with E-state index in [1.807, 2.05) is 24.3 Å². The van der Waals surface area contributed by atoms with Gasteiger partial charge in [0, 0.05) is 23.9 Å². The van der Waals surface area contributed by atoms with E-state index in [2.05, 4.69) is 34.9 Å². The van der Waals surface area contributed by atoms with E-state index in [4.69, 9.17) is 9.84 Å². The van der Waals surface area contributed by atoms with Gasteiger partial charge in [-0.2, -0.15) is 0 Å². The number of fused-ring (bicyclic) bond motifs is 3. The van der Waals surface area contributed by atoms with Gasteiger partial charge in [0.1, 0.15) is 6.61 Å². The van der Waals surface area contributed by atoms with E-state index in [0.29, 0.717) is 19.3 Å². The Labute approximate surface area is 198 Å². The van der Waals surface area contributed by atoms with E-state index in [9.17, 15) is 14.4 Å². The van der Waals surface area contributed by atoms with Crippen LogP contribution >= 0.6 is 0 Å². The molecule has 2 saturated carbocycles. The molecule has 7 nitrogen and oxygen atoms in total. The predicted molar refractivity (Wildman–Crippen MR) is 126 cm³/mol. The first kappa shape index (κ1) is 22.4. The lowest BCUT2D eigenvalue weighted by molar-refractivity contribution is -0.138. The fourth-order valence-electron chi connectivity index (χ4n) is 5.48. The van der Waals surface area contributed by atoms with Crippen LogP contribution in [0.2, 0.25) is 0 Å². The fraction of sp³-hybridized carbons (Fsp3) is 0.444. The summed E-state index contributed by atoms with van der Waals surface area (Å²) in [5, 5.41) is 15.0. The van der Waals surface area contributed by atoms with Crippen molar-refractivity contribution < 1.29 is 24.2 Å². The Morgan fingerprint density at radius 2 is 1.59 bits per heavy atom. The molecule has 3 atom stereocenters. The van der Waals surface area contributed by atoms with Gasteiger partial charge in [0.2, 0.25) is 5.91 Å². The summed E-state index contributed by atoms with van der Waals surface area (Å²) in [6.07, 6.45) is 3.35. The number of carboxylic acid groups (broad SMARTS) is 1. The molecule has 3 N–H and O–H groups in total. The van der Waals surface area contributed by atoms with Crippen LogP contribution in [0.15, 0.2) is 48.5 Å². The molecular weight excluding hydrogens is 432 g/mol. The standard InChI is InChI=1S/C27H30N2O5/c30-25(31)14-24(16-9-10-16)29-26(32)17-11-12-18(13-17)28-27(33)34-15-23-21-7-3-1-5-19(21)20-6-2-4-8-22(20)23/h1-8,16-18,23-24H,9-15H2,(H,28,33)(H,29,32)(H,30,31)/t17-,18+,24?/m0/s1. The first-order valence-electron chi connectivity index (χ1n) is 12.1. The van der Waals surface area contributed by atoms with Crippen LogP contribution < -0.4 is 10.6 Å². The van der Waals surface area contributed by atoms with Crippen LogP contribution in [-0.2, 0) is 14.3 Å². The molecule has 3 aliphatic carbocycles. The van der Waals surface area contributed by atoms with Crippen LogP contribution in [0.1, 0.15) is 55.6 Å². The van der Waals surface area contributed by atoms with Gasteiger partial charge in [-0.15, -0.1) is 0 Å². The lowest BCUT2D eigenvalue weighted by atomic mass is 9.98. The summed E-state index contributed by atoms with van der Waals surface area (Å²) in [5.74, 6) is -0.924. The summed E-state index contributed by atoms with van der Waals surface area (Å²) in [5.41, 5.74) is 4.70. The molecule has 2 aromatic carbocycles. The lowest BCUT2D eigenvalue weighted by Gasteiger charge is -2.19. The SMILES string of the molecule is O=C(O)CC(NC(=O)[C@H]1CC[C@@H](NC(=O)OCC2c3ccccc3-c3ccccc32)C1)C1CC1. The molecule has 3 aliphatic rings. The summed E-state index contributed by atoms with van der Waals surface area (Å²) in [7, 11) is 0. The summed E-state index contributed by atoms with van der Waals surface area (Å²) in [4.78, 5) is 36.3. The highest BCUT2D eigenvalue weighted by Gasteiger charge is 2.37. The zero-order chi connectivity index (χ0) is 23.7. The van der Waals surface area contributed by atoms with Crippen LogP contribution in [0.3, 0.4) is 0 Å². The topological polar surface area (TPSA) is 105 Å². The highest BCUT2D eigenvalue weighted by Crippen LogP contribution is 2.44. The maximum Gasteiger partial charge on any atom is 0.407 e. The van der Waals surface area contributed by atoms with Gasteiger partial charge in [-0.1, -0.05) is 48.5 Å². The third-order valence-corrected chi connectivity index (χ3v) is 7.38. The first-order valence-corrected chi connectivity index (χ1v) is 12.1. The molecule has 0 spiro atoms. The summed E-state index contributed by atoms with van der Waals surface area (Å²) >= 11 is 0. The quantitative estimate of drug-likeness (QED) is 0.549. The molecule has 0 aromatic heterocycles. The van der Waals surface area contributed by atoms with E-state index in [0.717, 1.165) is 12.8 Å². The average Bonchev–Trinajstić information content (AvgIpc) is 3.49. The molecule has 34 heavy (non-hydrogen) atoms. The summed E-state index contributed by atoms with van der Waals surface area (Å²) < 4.78 is 5.63. The molecule has 2 aromatic rings. The van der Waals surface area contributed by atoms with Crippen molar-refractivity contribution in [3.8, 4) is 11.1 Å². The minimum absolute atomic E-state index is 0.00819. The van der Waals surface area contributed by atoms with Crippen LogP contribution in [0.25, 0.3) is 11.1 Å². The molecule has 0 heterocycles. The molecule has 0 radical (unpaired) electrons. The maximum atomic E-state index is 12.7. The molecule has 2 amide bonds. The molecular formula is C27H30N2O5. The van der Waals surface area contributed by atoms with Crippen molar-refractivity contribution in [2.75, 3.05) is 6.61 Å². The van der Waals surface area contributed by atoms with Crippen LogP contribution in [-0.4, -0.2) is 41.8 Å². The molecule has 7 heteroatoms. The first-order chi connectivity index (χ1) is 16.5. The van der Waals surface area contributed by atoms with Crippen LogP contribution in [0, 0.1) is 11.8 Å². The minimum Gasteiger partial charge on any atom is -0.481 e. The van der Waals surface area contributed by atoms with Gasteiger partial charge in [-0.05, 0) is 60.3 Å². The van der Waals surface area contributed by atoms with Gasteiger partial charge in [0.05, 0.1) is 6.42 Å². The second-order valence-electron chi connectivity index (χ2n) is 9.73. The van der Waals surface area contributed by atoms with Gasteiger partial charge < -0.3 is 20.5 Å². The monoisotopic (exact) mass is 462 g/mol. The molecule has 178 valence electrons. The Morgan fingerprint density at radius 3 is 2.21 bits per heavy atom. The van der Waals surface area contributed by atoms with Gasteiger partial charge in [0.15, 0.2) is 0 Å². The predicted octanol–water partition coefficient (Wildman–Crippen LogP) is 4.06. The van der Waals surface area contributed by atoms with Crippen LogP contribution in [0.4, 0.5) is 4.79 Å². The number of carbonyl (C=O) groups is 3. The third-order valence-electron chi connectivity index (χ3n) is 7.38. The molecule has 5 rings (SSSR count). The van der Waals surface area contributed by atoms with Gasteiger partial charge in [-0.25, -0.2) is 4.79 Å². The normalized spacial score (nSPS) is 21.9. The van der Waals surface area contributed by atoms with Crippen molar-refractivity contribution in [2.24, 2.45) is 11.8 Å². The number of amides is 2. The van der Waals surface area contributed by atoms with Gasteiger partial charge in [-0.3, -0.25) is 9.59 Å². The van der Waals surface area contributed by atoms with Crippen molar-refractivity contribution in [3.63, 3.8) is 0 Å². The minimum atomic E-state index is -0.890. The number of rotatable bonds is 8. The zero-order valence-corrected chi connectivity index (χ0v) is 19.0. The molecule has 0 aliphatic heterocycles. The molecule has 0 bridgehead atoms. The number of aliphatic carboxylic acids is 1. The highest BCUT2D eigenvalue weighted by molar-refractivity contribution is 5.81. The Hall–Kier alpha value is -3.35. The summed E-state index contributed by atoms with van der Waals surface area (Å²) in [6, 6.07) is 16.0. The smallest absolute Gasteiger partial charge is 0.407 e. The zero-order valence-electron chi connectivity index (χ0n) is 19.0. The van der Waals surface area contributed by atoms with Crippen molar-refractivity contribution in [1.29, 1.82) is 0 Å². The molecule has 0 saturated heterocycles. The highest BCUT2D eigenvalue weighted by atomic mass is 16.5. The molecule has 1 unspecified atom stereocenters. The largest absolute Gasteiger partial charge is 0.481 e. The summed E-state index contributed by atoms with van der Waals surface area (Å²) in [6.45, 7) is 0.259. The fourth-order valence-corrected chi connectivity index (χ4v) is 5.48. The van der Waals surface area contributed by atoms with Crippen molar-refractivity contribution >= 4 is 18.0 Å². The lowest BCUT2D eigenvalue weighted by Crippen LogP contribution is -2.41. The number of hydrogen-bond acceptors (Lipinski definition) is 4. The Kier molecular flexibility index (Phi) is 6.26. The second kappa shape index (κ2) is 9.49. The van der Waals surface area contributed by atoms with E-state index >= 15 is 0 Å².